The third-order valence-electron chi connectivity index (χ3n) is 4.93. The molecule has 21 heavy (non-hydrogen) atoms. The number of amides is 1. The van der Waals surface area contributed by atoms with Crippen LogP contribution in [-0.4, -0.2) is 11.4 Å². The number of hydrogen-bond donors (Lipinski definition) is 1. The summed E-state index contributed by atoms with van der Waals surface area (Å²) < 4.78 is 0. The molecule has 0 aliphatic heterocycles. The molecule has 0 saturated carbocycles. The van der Waals surface area contributed by atoms with E-state index in [0.29, 0.717) is 0 Å². The number of carbonyl (C=O) groups excluding carboxylic acids is 1. The van der Waals surface area contributed by atoms with Gasteiger partial charge in [-0.2, -0.15) is 0 Å². The average molecular weight is 298 g/mol. The van der Waals surface area contributed by atoms with E-state index in [4.69, 9.17) is 0 Å². The van der Waals surface area contributed by atoms with Crippen LogP contribution < -0.4 is 5.32 Å². The van der Waals surface area contributed by atoms with Gasteiger partial charge in [-0.05, 0) is 32.6 Å². The minimum absolute atomic E-state index is 0.0241. The van der Waals surface area contributed by atoms with Gasteiger partial charge in [-0.1, -0.05) is 73.1 Å². The van der Waals surface area contributed by atoms with Crippen LogP contribution in [-0.2, 0) is 4.79 Å². The van der Waals surface area contributed by atoms with Gasteiger partial charge < -0.3 is 5.32 Å². The first kappa shape index (κ1) is 20.5. The lowest BCUT2D eigenvalue weighted by Gasteiger charge is -2.36. The van der Waals surface area contributed by atoms with Crippen LogP contribution in [0.2, 0.25) is 0 Å². The van der Waals surface area contributed by atoms with Gasteiger partial charge in [0.2, 0.25) is 5.91 Å². The molecule has 0 rings (SSSR count). The van der Waals surface area contributed by atoms with Crippen molar-refractivity contribution < 1.29 is 4.79 Å². The fourth-order valence-electron chi connectivity index (χ4n) is 3.17. The molecule has 2 atom stereocenters. The number of nitrogens with one attached hydrogen (secondary N) is 1. The third kappa shape index (κ3) is 7.33. The van der Waals surface area contributed by atoms with Gasteiger partial charge in [0, 0.05) is 11.0 Å². The first-order chi connectivity index (χ1) is 9.87. The maximum Gasteiger partial charge on any atom is 0.226 e. The first-order valence-electron chi connectivity index (χ1n) is 9.20. The van der Waals surface area contributed by atoms with E-state index < -0.39 is 0 Å². The zero-order chi connectivity index (χ0) is 16.4. The van der Waals surface area contributed by atoms with Crippen LogP contribution in [0.5, 0.6) is 0 Å². The molecule has 0 aliphatic carbocycles. The molecule has 2 heteroatoms. The average Bonchev–Trinajstić information content (AvgIpc) is 2.44. The van der Waals surface area contributed by atoms with Crippen molar-refractivity contribution in [2.24, 2.45) is 5.41 Å². The molecule has 0 heterocycles. The maximum atomic E-state index is 12.8. The highest BCUT2D eigenvalue weighted by Gasteiger charge is 2.34. The Balaban J connectivity index is 4.68. The van der Waals surface area contributed by atoms with Gasteiger partial charge in [-0.25, -0.2) is 0 Å². The van der Waals surface area contributed by atoms with Crippen LogP contribution in [0.15, 0.2) is 0 Å². The fraction of sp³-hybridized carbons (Fsp3) is 0.947. The minimum Gasteiger partial charge on any atom is -0.350 e. The Morgan fingerprint density at radius 2 is 1.43 bits per heavy atom. The molecular formula is C19H39NO. The van der Waals surface area contributed by atoms with E-state index in [1.165, 1.54) is 25.7 Å². The van der Waals surface area contributed by atoms with Gasteiger partial charge in [0.15, 0.2) is 0 Å². The van der Waals surface area contributed by atoms with Crippen molar-refractivity contribution in [3.05, 3.63) is 0 Å². The number of rotatable bonds is 12. The van der Waals surface area contributed by atoms with Gasteiger partial charge >= 0.3 is 0 Å². The van der Waals surface area contributed by atoms with Crippen LogP contribution >= 0.6 is 0 Å². The standard InChI is InChI=1S/C19H39NO/c1-7-11-12-13-16-19(6,15-9-3)20-17(21)18(5,10-4)14-8-2/h7-16H2,1-6H3,(H,20,21). The third-order valence-corrected chi connectivity index (χ3v) is 4.93. The van der Waals surface area contributed by atoms with Gasteiger partial charge in [-0.15, -0.1) is 0 Å². The highest BCUT2D eigenvalue weighted by molar-refractivity contribution is 5.82. The molecule has 0 spiro atoms. The molecule has 0 aromatic carbocycles. The zero-order valence-corrected chi connectivity index (χ0v) is 15.5. The summed E-state index contributed by atoms with van der Waals surface area (Å²) in [4.78, 5) is 12.8. The van der Waals surface area contributed by atoms with Crippen LogP contribution in [0.3, 0.4) is 0 Å². The second-order valence-corrected chi connectivity index (χ2v) is 7.24. The van der Waals surface area contributed by atoms with E-state index >= 15 is 0 Å². The van der Waals surface area contributed by atoms with Crippen LogP contribution in [0.4, 0.5) is 0 Å². The monoisotopic (exact) mass is 297 g/mol. The van der Waals surface area contributed by atoms with Crippen molar-refractivity contribution in [2.45, 2.75) is 111 Å². The smallest absolute Gasteiger partial charge is 0.226 e. The molecule has 0 aromatic rings. The molecule has 0 aliphatic rings. The van der Waals surface area contributed by atoms with Gasteiger partial charge in [0.05, 0.1) is 0 Å². The Bertz CT molecular complexity index is 289. The van der Waals surface area contributed by atoms with Gasteiger partial charge in [0.25, 0.3) is 0 Å². The van der Waals surface area contributed by atoms with Crippen molar-refractivity contribution in [3.8, 4) is 0 Å². The highest BCUT2D eigenvalue weighted by atomic mass is 16.2. The summed E-state index contributed by atoms with van der Waals surface area (Å²) in [7, 11) is 0. The summed E-state index contributed by atoms with van der Waals surface area (Å²) in [6.07, 6.45) is 11.4. The fourth-order valence-corrected chi connectivity index (χ4v) is 3.17. The Morgan fingerprint density at radius 3 is 1.90 bits per heavy atom. The van der Waals surface area contributed by atoms with E-state index in [0.717, 1.165) is 38.5 Å². The first-order valence-corrected chi connectivity index (χ1v) is 9.20. The number of unbranched alkanes of at least 4 members (excludes halogenated alkanes) is 3. The number of hydrogen-bond acceptors (Lipinski definition) is 1. The summed E-state index contributed by atoms with van der Waals surface area (Å²) >= 11 is 0. The molecule has 0 radical (unpaired) electrons. The Hall–Kier alpha value is -0.530. The molecule has 0 bridgehead atoms. The van der Waals surface area contributed by atoms with Crippen LogP contribution in [0.1, 0.15) is 106 Å². The lowest BCUT2D eigenvalue weighted by Crippen LogP contribution is -2.51. The van der Waals surface area contributed by atoms with Crippen molar-refractivity contribution in [3.63, 3.8) is 0 Å². The van der Waals surface area contributed by atoms with E-state index in [1.807, 2.05) is 0 Å². The Labute approximate surface area is 133 Å². The molecule has 2 nitrogen and oxygen atoms in total. The molecule has 0 fully saturated rings. The largest absolute Gasteiger partial charge is 0.350 e. The normalized spacial score (nSPS) is 17.0. The van der Waals surface area contributed by atoms with E-state index in [1.54, 1.807) is 0 Å². The predicted octanol–water partition coefficient (Wildman–Crippen LogP) is 5.85. The van der Waals surface area contributed by atoms with Crippen molar-refractivity contribution >= 4 is 5.91 Å². The summed E-state index contributed by atoms with van der Waals surface area (Å²) in [5.74, 6) is 0.262. The lowest BCUT2D eigenvalue weighted by molar-refractivity contribution is -0.133. The Morgan fingerprint density at radius 1 is 0.810 bits per heavy atom. The van der Waals surface area contributed by atoms with Gasteiger partial charge in [0.1, 0.15) is 0 Å². The van der Waals surface area contributed by atoms with Crippen molar-refractivity contribution in [1.29, 1.82) is 0 Å². The summed E-state index contributed by atoms with van der Waals surface area (Å²) in [5.41, 5.74) is -0.225. The summed E-state index contributed by atoms with van der Waals surface area (Å²) in [6, 6.07) is 0. The SMILES string of the molecule is CCCCCCC(C)(CCC)NC(=O)C(C)(CC)CCC. The molecular weight excluding hydrogens is 258 g/mol. The molecule has 1 N–H and O–H groups in total. The summed E-state index contributed by atoms with van der Waals surface area (Å²) in [5, 5.41) is 3.41. The molecule has 2 unspecified atom stereocenters. The van der Waals surface area contributed by atoms with Crippen LogP contribution in [0, 0.1) is 5.41 Å². The predicted molar refractivity (Wildman–Crippen MR) is 93.5 cm³/mol. The second-order valence-electron chi connectivity index (χ2n) is 7.24. The topological polar surface area (TPSA) is 29.1 Å². The number of carbonyl (C=O) groups is 1. The van der Waals surface area contributed by atoms with Crippen molar-refractivity contribution in [1.82, 2.24) is 5.32 Å². The minimum atomic E-state index is -0.201. The van der Waals surface area contributed by atoms with Crippen molar-refractivity contribution in [2.75, 3.05) is 0 Å². The van der Waals surface area contributed by atoms with E-state index in [9.17, 15) is 4.79 Å². The zero-order valence-electron chi connectivity index (χ0n) is 15.5. The van der Waals surface area contributed by atoms with Crippen LogP contribution in [0.25, 0.3) is 0 Å². The lowest BCUT2D eigenvalue weighted by atomic mass is 9.80. The highest BCUT2D eigenvalue weighted by Crippen LogP contribution is 2.30. The molecule has 0 aromatic heterocycles. The van der Waals surface area contributed by atoms with E-state index in [2.05, 4.69) is 46.9 Å². The summed E-state index contributed by atoms with van der Waals surface area (Å²) in [6.45, 7) is 13.1. The molecule has 1 amide bonds. The van der Waals surface area contributed by atoms with Gasteiger partial charge in [-0.3, -0.25) is 4.79 Å². The maximum absolute atomic E-state index is 12.8. The second kappa shape index (κ2) is 10.2. The quantitative estimate of drug-likeness (QED) is 0.450. The van der Waals surface area contributed by atoms with E-state index in [-0.39, 0.29) is 16.9 Å². The molecule has 0 saturated heterocycles. The Kier molecular flexibility index (Phi) is 9.98. The molecule has 126 valence electrons.